The molecule has 1 atom stereocenters. The average Bonchev–Trinajstić information content (AvgIpc) is 2.77. The number of aryl methyl sites for hydroxylation is 1. The number of carbonyl (C=O) groups excluding carboxylic acids is 3. The van der Waals surface area contributed by atoms with Crippen molar-refractivity contribution < 1.29 is 24.7 Å². The highest BCUT2D eigenvalue weighted by molar-refractivity contribution is 5.88. The first-order valence-electron chi connectivity index (χ1n) is 10.7. The summed E-state index contributed by atoms with van der Waals surface area (Å²) in [4.78, 5) is 34.7. The quantitative estimate of drug-likeness (QED) is 0.206. The highest BCUT2D eigenvalue weighted by atomic mass is 16.5. The molecule has 3 amide bonds. The maximum Gasteiger partial charge on any atom is 0.244 e. The second kappa shape index (κ2) is 20.8. The monoisotopic (exact) mass is 439 g/mol. The van der Waals surface area contributed by atoms with Gasteiger partial charge in [-0.15, -0.1) is 0 Å². The van der Waals surface area contributed by atoms with Crippen LogP contribution in [0.25, 0.3) is 0 Å². The molecule has 1 aromatic carbocycles. The molecule has 1 aromatic rings. The van der Waals surface area contributed by atoms with Crippen molar-refractivity contribution in [3.63, 3.8) is 0 Å². The molecule has 1 rings (SSSR count). The van der Waals surface area contributed by atoms with Gasteiger partial charge in [0.2, 0.25) is 17.7 Å². The third-order valence-electron chi connectivity index (χ3n) is 3.99. The van der Waals surface area contributed by atoms with Gasteiger partial charge in [-0.05, 0) is 30.7 Å². The summed E-state index contributed by atoms with van der Waals surface area (Å²) in [5, 5.41) is 20.6. The van der Waals surface area contributed by atoms with Crippen molar-refractivity contribution in [1.82, 2.24) is 16.1 Å². The highest BCUT2D eigenvalue weighted by Gasteiger charge is 2.21. The van der Waals surface area contributed by atoms with Gasteiger partial charge < -0.3 is 15.7 Å². The number of amides is 3. The zero-order valence-corrected chi connectivity index (χ0v) is 19.6. The molecule has 8 heteroatoms. The summed E-state index contributed by atoms with van der Waals surface area (Å²) in [6, 6.07) is 10.2. The zero-order valence-electron chi connectivity index (χ0n) is 19.6. The first-order chi connectivity index (χ1) is 14.8. The summed E-state index contributed by atoms with van der Waals surface area (Å²) in [6.45, 7) is 6.38. The molecule has 0 spiro atoms. The largest absolute Gasteiger partial charge is 0.400 e. The third kappa shape index (κ3) is 19.3. The molecule has 0 radical (unpaired) electrons. The van der Waals surface area contributed by atoms with E-state index in [2.05, 4.69) is 43.5 Å². The lowest BCUT2D eigenvalue weighted by molar-refractivity contribution is -0.135. The minimum Gasteiger partial charge on any atom is -0.400 e. The minimum atomic E-state index is -0.607. The number of unbranched alkanes of at least 4 members (excludes halogenated alkanes) is 2. The Morgan fingerprint density at radius 3 is 2.03 bits per heavy atom. The van der Waals surface area contributed by atoms with E-state index in [0.29, 0.717) is 6.42 Å². The molecule has 178 valence electrons. The molecule has 0 saturated carbocycles. The molecular formula is C23H41N3O5. The van der Waals surface area contributed by atoms with E-state index in [9.17, 15) is 14.4 Å². The van der Waals surface area contributed by atoms with E-state index in [1.165, 1.54) is 12.6 Å². The normalized spacial score (nSPS) is 10.6. The molecule has 0 heterocycles. The number of nitrogens with one attached hydrogen (secondary N) is 3. The van der Waals surface area contributed by atoms with Gasteiger partial charge in [-0.25, -0.2) is 5.48 Å². The maximum absolute atomic E-state index is 12.1. The molecule has 0 saturated heterocycles. The first kappa shape index (κ1) is 30.7. The fourth-order valence-corrected chi connectivity index (χ4v) is 2.54. The van der Waals surface area contributed by atoms with Crippen molar-refractivity contribution >= 4 is 17.7 Å². The smallest absolute Gasteiger partial charge is 0.244 e. The van der Waals surface area contributed by atoms with Crippen LogP contribution in [0.3, 0.4) is 0 Å². The van der Waals surface area contributed by atoms with Crippen molar-refractivity contribution in [3.8, 4) is 0 Å². The second-order valence-corrected chi connectivity index (χ2v) is 7.64. The summed E-state index contributed by atoms with van der Waals surface area (Å²) < 4.78 is 0. The number of carbonyl (C=O) groups is 3. The lowest BCUT2D eigenvalue weighted by atomic mass is 9.95. The fraction of sp³-hybridized carbons (Fsp3) is 0.609. The summed E-state index contributed by atoms with van der Waals surface area (Å²) in [5.74, 6) is -0.991. The van der Waals surface area contributed by atoms with Crippen LogP contribution >= 0.6 is 0 Å². The number of rotatable bonds is 11. The molecule has 8 nitrogen and oxygen atoms in total. The SMILES string of the molecule is CC(C)C.CNC(=O)CNC(=O)C(CCCCCc1ccccc1)CC(=O)NO.CO. The van der Waals surface area contributed by atoms with Crippen LogP contribution in [0.4, 0.5) is 0 Å². The van der Waals surface area contributed by atoms with Crippen molar-refractivity contribution in [2.75, 3.05) is 20.7 Å². The van der Waals surface area contributed by atoms with E-state index in [1.54, 1.807) is 5.48 Å². The van der Waals surface area contributed by atoms with Crippen LogP contribution in [0.5, 0.6) is 0 Å². The molecule has 0 bridgehead atoms. The van der Waals surface area contributed by atoms with Gasteiger partial charge in [-0.1, -0.05) is 63.9 Å². The van der Waals surface area contributed by atoms with Crippen molar-refractivity contribution in [2.45, 2.75) is 59.3 Å². The predicted molar refractivity (Wildman–Crippen MR) is 122 cm³/mol. The van der Waals surface area contributed by atoms with Gasteiger partial charge in [-0.2, -0.15) is 0 Å². The molecule has 0 aliphatic carbocycles. The predicted octanol–water partition coefficient (Wildman–Crippen LogP) is 2.43. The molecule has 0 aromatic heterocycles. The van der Waals surface area contributed by atoms with E-state index in [1.807, 2.05) is 18.2 Å². The number of aliphatic hydroxyl groups is 1. The van der Waals surface area contributed by atoms with E-state index < -0.39 is 11.8 Å². The van der Waals surface area contributed by atoms with Crippen LogP contribution in [0.1, 0.15) is 58.4 Å². The first-order valence-corrected chi connectivity index (χ1v) is 10.7. The summed E-state index contributed by atoms with van der Waals surface area (Å²) >= 11 is 0. The zero-order chi connectivity index (χ0) is 24.1. The molecule has 0 fully saturated rings. The summed E-state index contributed by atoms with van der Waals surface area (Å²) in [6.07, 6.45) is 4.14. The minimum absolute atomic E-state index is 0.102. The fourth-order valence-electron chi connectivity index (χ4n) is 2.54. The van der Waals surface area contributed by atoms with Crippen LogP contribution in [0.2, 0.25) is 0 Å². The van der Waals surface area contributed by atoms with Crippen molar-refractivity contribution in [3.05, 3.63) is 35.9 Å². The Morgan fingerprint density at radius 1 is 0.935 bits per heavy atom. The van der Waals surface area contributed by atoms with Crippen molar-refractivity contribution in [1.29, 1.82) is 0 Å². The van der Waals surface area contributed by atoms with Crippen LogP contribution in [0.15, 0.2) is 30.3 Å². The second-order valence-electron chi connectivity index (χ2n) is 7.64. The van der Waals surface area contributed by atoms with Gasteiger partial charge in [0.25, 0.3) is 0 Å². The Morgan fingerprint density at radius 2 is 1.52 bits per heavy atom. The number of hydroxylamine groups is 1. The van der Waals surface area contributed by atoms with E-state index >= 15 is 0 Å². The van der Waals surface area contributed by atoms with Crippen LogP contribution < -0.4 is 16.1 Å². The Labute approximate surface area is 186 Å². The van der Waals surface area contributed by atoms with E-state index in [-0.39, 0.29) is 24.8 Å². The molecule has 0 aliphatic heterocycles. The van der Waals surface area contributed by atoms with Gasteiger partial charge in [0.15, 0.2) is 0 Å². The number of benzene rings is 1. The topological polar surface area (TPSA) is 128 Å². The molecule has 1 unspecified atom stereocenters. The molecule has 5 N–H and O–H groups in total. The van der Waals surface area contributed by atoms with Gasteiger partial charge >= 0.3 is 0 Å². The van der Waals surface area contributed by atoms with Gasteiger partial charge in [0.05, 0.1) is 6.54 Å². The van der Waals surface area contributed by atoms with Gasteiger partial charge in [0, 0.05) is 26.5 Å². The van der Waals surface area contributed by atoms with Crippen LogP contribution in [0, 0.1) is 11.8 Å². The number of aliphatic hydroxyl groups excluding tert-OH is 1. The van der Waals surface area contributed by atoms with E-state index in [4.69, 9.17) is 10.3 Å². The highest BCUT2D eigenvalue weighted by Crippen LogP contribution is 2.15. The Bertz CT molecular complexity index is 591. The van der Waals surface area contributed by atoms with Gasteiger partial charge in [0.1, 0.15) is 0 Å². The summed E-state index contributed by atoms with van der Waals surface area (Å²) in [5.41, 5.74) is 2.83. The maximum atomic E-state index is 12.1. The lowest BCUT2D eigenvalue weighted by Gasteiger charge is -2.15. The van der Waals surface area contributed by atoms with Crippen LogP contribution in [-0.4, -0.2) is 48.7 Å². The Kier molecular flexibility index (Phi) is 20.6. The number of hydrogen-bond donors (Lipinski definition) is 5. The number of likely N-dealkylation sites (N-methyl/N-ethyl adjacent to an activating group) is 1. The van der Waals surface area contributed by atoms with E-state index in [0.717, 1.165) is 38.7 Å². The average molecular weight is 440 g/mol. The molecular weight excluding hydrogens is 398 g/mol. The molecule has 31 heavy (non-hydrogen) atoms. The van der Waals surface area contributed by atoms with Crippen molar-refractivity contribution in [2.24, 2.45) is 11.8 Å². The number of hydrogen-bond acceptors (Lipinski definition) is 5. The van der Waals surface area contributed by atoms with Gasteiger partial charge in [-0.3, -0.25) is 19.6 Å². The lowest BCUT2D eigenvalue weighted by Crippen LogP contribution is -2.39. The Hall–Kier alpha value is -2.45. The Balaban J connectivity index is 0. The summed E-state index contributed by atoms with van der Waals surface area (Å²) in [7, 11) is 2.48. The third-order valence-corrected chi connectivity index (χ3v) is 3.99. The van der Waals surface area contributed by atoms with Crippen LogP contribution in [-0.2, 0) is 20.8 Å². The molecule has 0 aliphatic rings. The standard InChI is InChI=1S/C18H27N3O4.C4H10.CH4O/c1-19-17(23)13-20-18(24)15(12-16(22)21-25)11-7-3-6-10-14-8-4-2-5-9-14;1-4(2)3;1-2/h2,4-5,8-9,15,25H,3,6-7,10-13H2,1H3,(H,19,23)(H,20,24)(H,21,22);4H,1-3H3;2H,1H3.